The number of hydrogen-bond acceptors (Lipinski definition) is 3. The largest absolute Gasteiger partial charge is 0.378 e. The molecule has 1 amide bonds. The molecule has 0 N–H and O–H groups in total. The first-order chi connectivity index (χ1) is 11.6. The highest BCUT2D eigenvalue weighted by Gasteiger charge is 2.22. The van der Waals surface area contributed by atoms with E-state index >= 15 is 0 Å². The molecule has 126 valence electrons. The molecule has 1 fully saturated rings. The van der Waals surface area contributed by atoms with E-state index in [2.05, 4.69) is 29.2 Å². The molecule has 0 bridgehead atoms. The summed E-state index contributed by atoms with van der Waals surface area (Å²) in [5.74, 6) is 0.137. The Labute approximate surface area is 144 Å². The number of anilines is 1. The molecule has 1 heterocycles. The van der Waals surface area contributed by atoms with E-state index in [1.165, 1.54) is 5.56 Å². The van der Waals surface area contributed by atoms with Crippen molar-refractivity contribution in [3.8, 4) is 0 Å². The standard InChI is InChI=1S/C20H25N3O/c1-21(2)19-10-6-9-18(15-19)20(24)23-13-11-22(12-14-23)16-17-7-4-3-5-8-17/h3-10,15H,11-14,16H2,1-2H3. The molecule has 0 saturated carbocycles. The fraction of sp³-hybridized carbons (Fsp3) is 0.350. The first kappa shape index (κ1) is 16.5. The molecule has 24 heavy (non-hydrogen) atoms. The van der Waals surface area contributed by atoms with Crippen LogP contribution in [0.15, 0.2) is 54.6 Å². The number of nitrogens with zero attached hydrogens (tertiary/aromatic N) is 3. The first-order valence-electron chi connectivity index (χ1n) is 8.46. The van der Waals surface area contributed by atoms with Crippen LogP contribution in [-0.4, -0.2) is 56.0 Å². The summed E-state index contributed by atoms with van der Waals surface area (Å²) in [4.78, 5) is 19.1. The lowest BCUT2D eigenvalue weighted by Crippen LogP contribution is -2.48. The van der Waals surface area contributed by atoms with Crippen LogP contribution in [-0.2, 0) is 6.54 Å². The molecule has 0 aromatic heterocycles. The van der Waals surface area contributed by atoms with Crippen LogP contribution in [0.3, 0.4) is 0 Å². The highest BCUT2D eigenvalue weighted by Crippen LogP contribution is 2.16. The number of carbonyl (C=O) groups is 1. The molecule has 4 heteroatoms. The van der Waals surface area contributed by atoms with Gasteiger partial charge in [0.25, 0.3) is 5.91 Å². The topological polar surface area (TPSA) is 26.8 Å². The van der Waals surface area contributed by atoms with Gasteiger partial charge in [-0.05, 0) is 23.8 Å². The van der Waals surface area contributed by atoms with Gasteiger partial charge < -0.3 is 9.80 Å². The van der Waals surface area contributed by atoms with E-state index in [0.717, 1.165) is 44.0 Å². The Morgan fingerprint density at radius 2 is 1.67 bits per heavy atom. The normalized spacial score (nSPS) is 15.3. The molecule has 4 nitrogen and oxygen atoms in total. The van der Waals surface area contributed by atoms with E-state index in [4.69, 9.17) is 0 Å². The Morgan fingerprint density at radius 3 is 2.33 bits per heavy atom. The highest BCUT2D eigenvalue weighted by molar-refractivity contribution is 5.95. The molecule has 1 aliphatic rings. The number of rotatable bonds is 4. The van der Waals surface area contributed by atoms with Crippen LogP contribution >= 0.6 is 0 Å². The molecule has 0 radical (unpaired) electrons. The van der Waals surface area contributed by atoms with E-state index in [9.17, 15) is 4.79 Å². The molecule has 0 unspecified atom stereocenters. The van der Waals surface area contributed by atoms with E-state index in [0.29, 0.717) is 0 Å². The van der Waals surface area contributed by atoms with Gasteiger partial charge in [0.2, 0.25) is 0 Å². The average Bonchev–Trinajstić information content (AvgIpc) is 2.63. The van der Waals surface area contributed by atoms with Crippen molar-refractivity contribution >= 4 is 11.6 Å². The molecular formula is C20H25N3O. The quantitative estimate of drug-likeness (QED) is 0.865. The summed E-state index contributed by atoms with van der Waals surface area (Å²) in [7, 11) is 3.98. The van der Waals surface area contributed by atoms with Gasteiger partial charge in [-0.15, -0.1) is 0 Å². The summed E-state index contributed by atoms with van der Waals surface area (Å²) in [5, 5.41) is 0. The van der Waals surface area contributed by atoms with Gasteiger partial charge in [0.15, 0.2) is 0 Å². The Hall–Kier alpha value is -2.33. The minimum Gasteiger partial charge on any atom is -0.378 e. The fourth-order valence-corrected chi connectivity index (χ4v) is 3.05. The maximum Gasteiger partial charge on any atom is 0.254 e. The van der Waals surface area contributed by atoms with Gasteiger partial charge in [0.05, 0.1) is 0 Å². The summed E-state index contributed by atoms with van der Waals surface area (Å²) >= 11 is 0. The summed E-state index contributed by atoms with van der Waals surface area (Å²) < 4.78 is 0. The lowest BCUT2D eigenvalue weighted by molar-refractivity contribution is 0.0628. The molecule has 0 atom stereocenters. The van der Waals surface area contributed by atoms with Crippen molar-refractivity contribution in [3.05, 3.63) is 65.7 Å². The van der Waals surface area contributed by atoms with Crippen LogP contribution in [0.4, 0.5) is 5.69 Å². The lowest BCUT2D eigenvalue weighted by atomic mass is 10.1. The van der Waals surface area contributed by atoms with E-state index in [1.54, 1.807) is 0 Å². The van der Waals surface area contributed by atoms with Crippen LogP contribution in [0.2, 0.25) is 0 Å². The average molecular weight is 323 g/mol. The fourth-order valence-electron chi connectivity index (χ4n) is 3.05. The van der Waals surface area contributed by atoms with Crippen molar-refractivity contribution in [3.63, 3.8) is 0 Å². The van der Waals surface area contributed by atoms with E-state index in [-0.39, 0.29) is 5.91 Å². The predicted molar refractivity (Wildman–Crippen MR) is 98.4 cm³/mol. The van der Waals surface area contributed by atoms with Crippen LogP contribution < -0.4 is 4.90 Å². The zero-order valence-corrected chi connectivity index (χ0v) is 14.5. The van der Waals surface area contributed by atoms with Crippen LogP contribution in [0.1, 0.15) is 15.9 Å². The molecule has 0 spiro atoms. The zero-order valence-electron chi connectivity index (χ0n) is 14.5. The van der Waals surface area contributed by atoms with Crippen molar-refractivity contribution in [2.45, 2.75) is 6.54 Å². The minimum absolute atomic E-state index is 0.137. The number of amides is 1. The molecule has 1 aliphatic heterocycles. The maximum atomic E-state index is 12.7. The molecule has 0 aliphatic carbocycles. The van der Waals surface area contributed by atoms with Crippen molar-refractivity contribution in [2.75, 3.05) is 45.2 Å². The maximum absolute atomic E-state index is 12.7. The van der Waals surface area contributed by atoms with Crippen LogP contribution in [0.25, 0.3) is 0 Å². The summed E-state index contributed by atoms with van der Waals surface area (Å²) in [5.41, 5.74) is 3.16. The molecular weight excluding hydrogens is 298 g/mol. The van der Waals surface area contributed by atoms with Gasteiger partial charge in [0.1, 0.15) is 0 Å². The second kappa shape index (κ2) is 7.49. The Balaban J connectivity index is 1.58. The summed E-state index contributed by atoms with van der Waals surface area (Å²) in [6, 6.07) is 18.4. The monoisotopic (exact) mass is 323 g/mol. The predicted octanol–water partition coefficient (Wildman–Crippen LogP) is 2.71. The second-order valence-corrected chi connectivity index (χ2v) is 6.50. The smallest absolute Gasteiger partial charge is 0.254 e. The molecule has 1 saturated heterocycles. The van der Waals surface area contributed by atoms with E-state index in [1.807, 2.05) is 54.2 Å². The summed E-state index contributed by atoms with van der Waals surface area (Å²) in [6.45, 7) is 4.39. The van der Waals surface area contributed by atoms with Crippen LogP contribution in [0.5, 0.6) is 0 Å². The zero-order chi connectivity index (χ0) is 16.9. The van der Waals surface area contributed by atoms with Crippen molar-refractivity contribution in [2.24, 2.45) is 0 Å². The van der Waals surface area contributed by atoms with Crippen molar-refractivity contribution in [1.82, 2.24) is 9.80 Å². The lowest BCUT2D eigenvalue weighted by Gasteiger charge is -2.35. The second-order valence-electron chi connectivity index (χ2n) is 6.50. The van der Waals surface area contributed by atoms with Crippen molar-refractivity contribution in [1.29, 1.82) is 0 Å². The minimum atomic E-state index is 0.137. The molecule has 3 rings (SSSR count). The Morgan fingerprint density at radius 1 is 0.958 bits per heavy atom. The van der Waals surface area contributed by atoms with Gasteiger partial charge in [-0.1, -0.05) is 36.4 Å². The number of carbonyl (C=O) groups excluding carboxylic acids is 1. The summed E-state index contributed by atoms with van der Waals surface area (Å²) in [6.07, 6.45) is 0. The Kier molecular flexibility index (Phi) is 5.16. The van der Waals surface area contributed by atoms with Crippen LogP contribution in [0, 0.1) is 0 Å². The first-order valence-corrected chi connectivity index (χ1v) is 8.46. The highest BCUT2D eigenvalue weighted by atomic mass is 16.2. The Bertz CT molecular complexity index is 676. The third kappa shape index (κ3) is 3.95. The van der Waals surface area contributed by atoms with Gasteiger partial charge in [-0.3, -0.25) is 9.69 Å². The number of benzene rings is 2. The SMILES string of the molecule is CN(C)c1cccc(C(=O)N2CCN(Cc3ccccc3)CC2)c1. The van der Waals surface area contributed by atoms with Gasteiger partial charge >= 0.3 is 0 Å². The van der Waals surface area contributed by atoms with Crippen molar-refractivity contribution < 1.29 is 4.79 Å². The van der Waals surface area contributed by atoms with Gasteiger partial charge in [-0.25, -0.2) is 0 Å². The molecule has 2 aromatic rings. The van der Waals surface area contributed by atoms with Gasteiger partial charge in [-0.2, -0.15) is 0 Å². The third-order valence-corrected chi connectivity index (χ3v) is 4.52. The third-order valence-electron chi connectivity index (χ3n) is 4.52. The molecule has 2 aromatic carbocycles. The van der Waals surface area contributed by atoms with Gasteiger partial charge in [0, 0.05) is 58.1 Å². The number of piperazine rings is 1. The van der Waals surface area contributed by atoms with E-state index < -0.39 is 0 Å². The number of hydrogen-bond donors (Lipinski definition) is 0.